The predicted molar refractivity (Wildman–Crippen MR) is 82.8 cm³/mol. The quantitative estimate of drug-likeness (QED) is 0.871. The summed E-state index contributed by atoms with van der Waals surface area (Å²) in [5.74, 6) is 0.631. The molecule has 4 nitrogen and oxygen atoms in total. The summed E-state index contributed by atoms with van der Waals surface area (Å²) in [6.07, 6.45) is 0.640. The fraction of sp³-hybridized carbons (Fsp3) is 0.278. The summed E-state index contributed by atoms with van der Waals surface area (Å²) in [5, 5.41) is 10.1. The lowest BCUT2D eigenvalue weighted by molar-refractivity contribution is -0.143. The second kappa shape index (κ2) is 6.10. The molecular weight excluding hydrogens is 280 g/mol. The van der Waals surface area contributed by atoms with Crippen molar-refractivity contribution in [3.63, 3.8) is 0 Å². The van der Waals surface area contributed by atoms with Crippen molar-refractivity contribution < 1.29 is 19.4 Å². The smallest absolute Gasteiger partial charge is 0.305 e. The molecule has 1 heterocycles. The van der Waals surface area contributed by atoms with E-state index in [2.05, 4.69) is 0 Å². The maximum atomic E-state index is 11.6. The third-order valence-electron chi connectivity index (χ3n) is 3.77. The number of fused-ring (bicyclic) bond motifs is 3. The van der Waals surface area contributed by atoms with E-state index in [0.29, 0.717) is 30.8 Å². The van der Waals surface area contributed by atoms with Crippen LogP contribution in [-0.2, 0) is 9.53 Å². The van der Waals surface area contributed by atoms with Crippen LogP contribution in [0.25, 0.3) is 11.1 Å². The minimum absolute atomic E-state index is 0.203. The van der Waals surface area contributed by atoms with Crippen LogP contribution < -0.4 is 4.74 Å². The zero-order valence-corrected chi connectivity index (χ0v) is 12.4. The van der Waals surface area contributed by atoms with Crippen molar-refractivity contribution in [2.75, 3.05) is 6.61 Å². The molecule has 1 aliphatic heterocycles. The van der Waals surface area contributed by atoms with Gasteiger partial charge in [-0.2, -0.15) is 0 Å². The number of hydrogen-bond donors (Lipinski definition) is 1. The molecule has 2 aromatic carbocycles. The van der Waals surface area contributed by atoms with Crippen molar-refractivity contribution >= 4 is 5.97 Å². The second-order valence-corrected chi connectivity index (χ2v) is 5.19. The fourth-order valence-electron chi connectivity index (χ4n) is 2.81. The second-order valence-electron chi connectivity index (χ2n) is 5.19. The Morgan fingerprint density at radius 3 is 2.86 bits per heavy atom. The van der Waals surface area contributed by atoms with E-state index in [9.17, 15) is 9.90 Å². The zero-order chi connectivity index (χ0) is 15.5. The Morgan fingerprint density at radius 1 is 1.23 bits per heavy atom. The summed E-state index contributed by atoms with van der Waals surface area (Å²) in [4.78, 5) is 11.6. The van der Waals surface area contributed by atoms with Crippen LogP contribution >= 0.6 is 0 Å². The number of phenols is 1. The molecule has 0 saturated carbocycles. The fourth-order valence-corrected chi connectivity index (χ4v) is 2.81. The van der Waals surface area contributed by atoms with Crippen LogP contribution in [0.15, 0.2) is 42.5 Å². The van der Waals surface area contributed by atoms with E-state index in [1.807, 2.05) is 30.3 Å². The van der Waals surface area contributed by atoms with Gasteiger partial charge in [-0.25, -0.2) is 0 Å². The average molecular weight is 298 g/mol. The summed E-state index contributed by atoms with van der Waals surface area (Å²) < 4.78 is 11.0. The van der Waals surface area contributed by atoms with Gasteiger partial charge in [-0.3, -0.25) is 4.79 Å². The van der Waals surface area contributed by atoms with E-state index in [0.717, 1.165) is 11.1 Å². The van der Waals surface area contributed by atoms with Gasteiger partial charge in [0.05, 0.1) is 12.2 Å². The number of hydrogen-bond acceptors (Lipinski definition) is 4. The first-order valence-electron chi connectivity index (χ1n) is 7.44. The van der Waals surface area contributed by atoms with Gasteiger partial charge in [0.1, 0.15) is 17.6 Å². The van der Waals surface area contributed by atoms with Crippen LogP contribution in [0.3, 0.4) is 0 Å². The zero-order valence-electron chi connectivity index (χ0n) is 12.4. The summed E-state index contributed by atoms with van der Waals surface area (Å²) in [5.41, 5.74) is 2.65. The molecule has 0 fully saturated rings. The molecule has 114 valence electrons. The molecule has 22 heavy (non-hydrogen) atoms. The molecule has 0 aliphatic carbocycles. The first kappa shape index (κ1) is 14.4. The van der Waals surface area contributed by atoms with Gasteiger partial charge in [-0.15, -0.1) is 0 Å². The third kappa shape index (κ3) is 2.64. The topological polar surface area (TPSA) is 55.8 Å². The Balaban J connectivity index is 1.91. The first-order chi connectivity index (χ1) is 10.7. The molecule has 0 spiro atoms. The van der Waals surface area contributed by atoms with E-state index in [-0.39, 0.29) is 17.8 Å². The summed E-state index contributed by atoms with van der Waals surface area (Å²) in [7, 11) is 0. The van der Waals surface area contributed by atoms with Gasteiger partial charge >= 0.3 is 5.97 Å². The monoisotopic (exact) mass is 298 g/mol. The molecule has 0 amide bonds. The maximum absolute atomic E-state index is 11.6. The van der Waals surface area contributed by atoms with Gasteiger partial charge in [0, 0.05) is 12.0 Å². The van der Waals surface area contributed by atoms with Crippen LogP contribution in [0.1, 0.15) is 31.4 Å². The highest BCUT2D eigenvalue weighted by molar-refractivity contribution is 5.80. The molecular formula is C18H18O4. The van der Waals surface area contributed by atoms with Crippen molar-refractivity contribution in [3.05, 3.63) is 48.0 Å². The van der Waals surface area contributed by atoms with E-state index in [1.165, 1.54) is 0 Å². The molecule has 3 rings (SSSR count). The number of aromatic hydroxyl groups is 1. The molecule has 2 aromatic rings. The third-order valence-corrected chi connectivity index (χ3v) is 3.77. The van der Waals surface area contributed by atoms with Crippen LogP contribution in [0, 0.1) is 0 Å². The Bertz CT molecular complexity index is 693. The van der Waals surface area contributed by atoms with E-state index in [4.69, 9.17) is 9.47 Å². The van der Waals surface area contributed by atoms with Crippen LogP contribution in [0.2, 0.25) is 0 Å². The van der Waals surface area contributed by atoms with Crippen LogP contribution in [-0.4, -0.2) is 17.7 Å². The normalized spacial score (nSPS) is 15.4. The van der Waals surface area contributed by atoms with E-state index >= 15 is 0 Å². The Hall–Kier alpha value is -2.49. The predicted octanol–water partition coefficient (Wildman–Crippen LogP) is 3.84. The molecule has 0 radical (unpaired) electrons. The molecule has 1 atom stereocenters. The summed E-state index contributed by atoms with van der Waals surface area (Å²) in [6.45, 7) is 2.18. The van der Waals surface area contributed by atoms with Crippen LogP contribution in [0.5, 0.6) is 11.5 Å². The molecule has 0 bridgehead atoms. The number of phenolic OH excluding ortho intramolecular Hbond substituents is 1. The largest absolute Gasteiger partial charge is 0.507 e. The number of ether oxygens (including phenoxy) is 2. The SMILES string of the molecule is CCOC(=O)CCC1Oc2cccc(O)c2-c2ccccc21. The standard InChI is InChI=1S/C18H18O4/c1-2-21-17(20)11-10-15-12-6-3-4-7-13(12)18-14(19)8-5-9-16(18)22-15/h3-9,15,19H,2,10-11H2,1H3. The highest BCUT2D eigenvalue weighted by Crippen LogP contribution is 2.47. The van der Waals surface area contributed by atoms with Gasteiger partial charge in [-0.1, -0.05) is 30.3 Å². The molecule has 1 unspecified atom stereocenters. The van der Waals surface area contributed by atoms with Crippen molar-refractivity contribution in [2.45, 2.75) is 25.9 Å². The van der Waals surface area contributed by atoms with E-state index in [1.54, 1.807) is 19.1 Å². The average Bonchev–Trinajstić information content (AvgIpc) is 2.53. The molecule has 4 heteroatoms. The van der Waals surface area contributed by atoms with Crippen molar-refractivity contribution in [1.29, 1.82) is 0 Å². The lowest BCUT2D eigenvalue weighted by Crippen LogP contribution is -2.16. The van der Waals surface area contributed by atoms with Gasteiger partial charge in [-0.05, 0) is 31.0 Å². The number of esters is 1. The van der Waals surface area contributed by atoms with Crippen molar-refractivity contribution in [3.8, 4) is 22.6 Å². The minimum atomic E-state index is -0.217. The number of carbonyl (C=O) groups excluding carboxylic acids is 1. The van der Waals surface area contributed by atoms with E-state index < -0.39 is 0 Å². The number of benzene rings is 2. The summed E-state index contributed by atoms with van der Waals surface area (Å²) in [6, 6.07) is 13.0. The maximum Gasteiger partial charge on any atom is 0.305 e. The lowest BCUT2D eigenvalue weighted by atomic mass is 9.90. The first-order valence-corrected chi connectivity index (χ1v) is 7.44. The van der Waals surface area contributed by atoms with Crippen molar-refractivity contribution in [1.82, 2.24) is 0 Å². The summed E-state index contributed by atoms with van der Waals surface area (Å²) >= 11 is 0. The highest BCUT2D eigenvalue weighted by Gasteiger charge is 2.28. The molecule has 0 saturated heterocycles. The van der Waals surface area contributed by atoms with Gasteiger partial charge in [0.2, 0.25) is 0 Å². The minimum Gasteiger partial charge on any atom is -0.507 e. The van der Waals surface area contributed by atoms with Crippen LogP contribution in [0.4, 0.5) is 0 Å². The van der Waals surface area contributed by atoms with Gasteiger partial charge in [0.15, 0.2) is 0 Å². The molecule has 1 N–H and O–H groups in total. The van der Waals surface area contributed by atoms with Gasteiger partial charge < -0.3 is 14.6 Å². The Labute approximate surface area is 129 Å². The Kier molecular flexibility index (Phi) is 4.00. The Morgan fingerprint density at radius 2 is 2.05 bits per heavy atom. The van der Waals surface area contributed by atoms with Gasteiger partial charge in [0.25, 0.3) is 0 Å². The number of carbonyl (C=O) groups is 1. The molecule has 0 aromatic heterocycles. The van der Waals surface area contributed by atoms with Crippen molar-refractivity contribution in [2.24, 2.45) is 0 Å². The molecule has 1 aliphatic rings. The highest BCUT2D eigenvalue weighted by atomic mass is 16.5. The number of rotatable bonds is 4. The lowest BCUT2D eigenvalue weighted by Gasteiger charge is -2.29.